The average Bonchev–Trinajstić information content (AvgIpc) is 2.86. The van der Waals surface area contributed by atoms with Crippen LogP contribution in [0.3, 0.4) is 0 Å². The normalized spacial score (nSPS) is 18.4. The highest BCUT2D eigenvalue weighted by molar-refractivity contribution is 5.78. The molecule has 0 radical (unpaired) electrons. The minimum atomic E-state index is -0.208. The van der Waals surface area contributed by atoms with Crippen LogP contribution in [0.5, 0.6) is 0 Å². The van der Waals surface area contributed by atoms with Crippen LogP contribution in [0.1, 0.15) is 60.3 Å². The summed E-state index contributed by atoms with van der Waals surface area (Å²) in [6.45, 7) is 8.69. The Morgan fingerprint density at radius 1 is 1.46 bits per heavy atom. The van der Waals surface area contributed by atoms with Crippen LogP contribution < -0.4 is 0 Å². The largest absolute Gasteiger partial charge is 0.336 e. The van der Waals surface area contributed by atoms with Gasteiger partial charge in [0.2, 0.25) is 5.91 Å². The van der Waals surface area contributed by atoms with Gasteiger partial charge in [0, 0.05) is 18.7 Å². The van der Waals surface area contributed by atoms with Crippen molar-refractivity contribution in [3.05, 3.63) is 52.1 Å². The molecule has 3 rings (SSSR count). The van der Waals surface area contributed by atoms with E-state index in [9.17, 15) is 9.18 Å². The van der Waals surface area contributed by atoms with Gasteiger partial charge in [-0.1, -0.05) is 13.0 Å². The van der Waals surface area contributed by atoms with Crippen LogP contribution in [-0.4, -0.2) is 27.5 Å². The molecule has 1 aliphatic rings. The number of aryl methyl sites for hydroxylation is 2. The SMILES string of the molecule is Cc1n[nH]c(C)c1C(C)CC(=O)N1CCc2cc(F)ccc2C1C. The van der Waals surface area contributed by atoms with Crippen LogP contribution in [-0.2, 0) is 11.2 Å². The lowest BCUT2D eigenvalue weighted by molar-refractivity contribution is -0.134. The van der Waals surface area contributed by atoms with Crippen molar-refractivity contribution < 1.29 is 9.18 Å². The maximum Gasteiger partial charge on any atom is 0.223 e. The molecular formula is C19H24FN3O. The predicted molar refractivity (Wildman–Crippen MR) is 91.3 cm³/mol. The van der Waals surface area contributed by atoms with E-state index >= 15 is 0 Å². The minimum absolute atomic E-state index is 0.0133. The van der Waals surface area contributed by atoms with E-state index in [-0.39, 0.29) is 23.7 Å². The number of hydrogen-bond donors (Lipinski definition) is 1. The van der Waals surface area contributed by atoms with Gasteiger partial charge in [0.15, 0.2) is 0 Å². The number of amides is 1. The standard InChI is InChI=1S/C19H24FN3O/c1-11(19-12(2)21-22-13(19)3)9-18(24)23-8-7-15-10-16(20)5-6-17(15)14(23)4/h5-6,10-11,14H,7-9H2,1-4H3,(H,21,22). The molecule has 0 saturated heterocycles. The molecule has 1 N–H and O–H groups in total. The van der Waals surface area contributed by atoms with Crippen molar-refractivity contribution >= 4 is 5.91 Å². The zero-order chi connectivity index (χ0) is 17.4. The fourth-order valence-corrected chi connectivity index (χ4v) is 3.91. The first-order valence-electron chi connectivity index (χ1n) is 8.47. The number of hydrogen-bond acceptors (Lipinski definition) is 2. The second-order valence-electron chi connectivity index (χ2n) is 6.81. The number of aromatic amines is 1. The first-order chi connectivity index (χ1) is 11.4. The van der Waals surface area contributed by atoms with E-state index in [1.165, 1.54) is 6.07 Å². The smallest absolute Gasteiger partial charge is 0.223 e. The molecule has 0 fully saturated rings. The van der Waals surface area contributed by atoms with E-state index in [0.717, 1.165) is 28.1 Å². The van der Waals surface area contributed by atoms with Gasteiger partial charge in [-0.25, -0.2) is 4.39 Å². The number of H-pyrrole nitrogens is 1. The Labute approximate surface area is 142 Å². The minimum Gasteiger partial charge on any atom is -0.336 e. The summed E-state index contributed by atoms with van der Waals surface area (Å²) in [4.78, 5) is 14.8. The molecule has 0 aliphatic carbocycles. The molecule has 0 bridgehead atoms. The number of carbonyl (C=O) groups excluding carboxylic acids is 1. The number of nitrogens with one attached hydrogen (secondary N) is 1. The second kappa shape index (κ2) is 6.38. The predicted octanol–water partition coefficient (Wildman–Crippen LogP) is 3.81. The molecular weight excluding hydrogens is 305 g/mol. The summed E-state index contributed by atoms with van der Waals surface area (Å²) in [5.41, 5.74) is 5.19. The number of rotatable bonds is 3. The summed E-state index contributed by atoms with van der Waals surface area (Å²) in [5.74, 6) is 0.0586. The quantitative estimate of drug-likeness (QED) is 0.931. The molecule has 1 aromatic heterocycles. The summed E-state index contributed by atoms with van der Waals surface area (Å²) in [6.07, 6.45) is 1.17. The number of halogens is 1. The van der Waals surface area contributed by atoms with Crippen molar-refractivity contribution in [1.29, 1.82) is 0 Å². The average molecular weight is 329 g/mol. The van der Waals surface area contributed by atoms with Crippen LogP contribution >= 0.6 is 0 Å². The summed E-state index contributed by atoms with van der Waals surface area (Å²) in [6, 6.07) is 4.86. The fraction of sp³-hybridized carbons (Fsp3) is 0.474. The molecule has 2 unspecified atom stereocenters. The third-order valence-corrected chi connectivity index (χ3v) is 5.12. The highest BCUT2D eigenvalue weighted by atomic mass is 19.1. The zero-order valence-corrected chi connectivity index (χ0v) is 14.7. The molecule has 2 aromatic rings. The monoisotopic (exact) mass is 329 g/mol. The van der Waals surface area contributed by atoms with Crippen molar-refractivity contribution in [3.63, 3.8) is 0 Å². The van der Waals surface area contributed by atoms with Gasteiger partial charge in [-0.2, -0.15) is 5.10 Å². The lowest BCUT2D eigenvalue weighted by Gasteiger charge is -2.36. The van der Waals surface area contributed by atoms with Crippen molar-refractivity contribution in [2.75, 3.05) is 6.54 Å². The van der Waals surface area contributed by atoms with Gasteiger partial charge in [-0.15, -0.1) is 0 Å². The van der Waals surface area contributed by atoms with Crippen molar-refractivity contribution in [3.8, 4) is 0 Å². The fourth-order valence-electron chi connectivity index (χ4n) is 3.91. The van der Waals surface area contributed by atoms with E-state index in [1.807, 2.05) is 31.7 Å². The van der Waals surface area contributed by atoms with Gasteiger partial charge in [-0.05, 0) is 61.9 Å². The Morgan fingerprint density at radius 2 is 2.21 bits per heavy atom. The van der Waals surface area contributed by atoms with E-state index in [2.05, 4.69) is 17.1 Å². The molecule has 128 valence electrons. The van der Waals surface area contributed by atoms with Gasteiger partial charge in [0.25, 0.3) is 0 Å². The van der Waals surface area contributed by atoms with Crippen LogP contribution in [0, 0.1) is 19.7 Å². The molecule has 1 aliphatic heterocycles. The first-order valence-corrected chi connectivity index (χ1v) is 8.47. The van der Waals surface area contributed by atoms with Gasteiger partial charge in [0.1, 0.15) is 5.82 Å². The zero-order valence-electron chi connectivity index (χ0n) is 14.7. The number of aromatic nitrogens is 2. The van der Waals surface area contributed by atoms with Crippen LogP contribution in [0.15, 0.2) is 18.2 Å². The molecule has 4 nitrogen and oxygen atoms in total. The molecule has 5 heteroatoms. The molecule has 1 aromatic carbocycles. The van der Waals surface area contributed by atoms with E-state index in [1.54, 1.807) is 6.07 Å². The Bertz CT molecular complexity index is 748. The van der Waals surface area contributed by atoms with Crippen LogP contribution in [0.4, 0.5) is 4.39 Å². The van der Waals surface area contributed by atoms with Gasteiger partial charge in [0.05, 0.1) is 11.7 Å². The Hall–Kier alpha value is -2.17. The Morgan fingerprint density at radius 3 is 2.88 bits per heavy atom. The van der Waals surface area contributed by atoms with E-state index in [0.29, 0.717) is 19.4 Å². The summed E-state index contributed by atoms with van der Waals surface area (Å²) >= 11 is 0. The molecule has 1 amide bonds. The molecule has 2 atom stereocenters. The lowest BCUT2D eigenvalue weighted by Crippen LogP contribution is -2.39. The summed E-state index contributed by atoms with van der Waals surface area (Å²) < 4.78 is 13.4. The molecule has 0 saturated carbocycles. The Kier molecular flexibility index (Phi) is 4.43. The highest BCUT2D eigenvalue weighted by Gasteiger charge is 2.29. The lowest BCUT2D eigenvalue weighted by atomic mass is 9.91. The number of nitrogens with zero attached hydrogens (tertiary/aromatic N) is 2. The number of benzene rings is 1. The Balaban J connectivity index is 1.75. The topological polar surface area (TPSA) is 49.0 Å². The van der Waals surface area contributed by atoms with Crippen molar-refractivity contribution in [2.45, 2.75) is 52.5 Å². The second-order valence-corrected chi connectivity index (χ2v) is 6.81. The van der Waals surface area contributed by atoms with Crippen LogP contribution in [0.25, 0.3) is 0 Å². The number of fused-ring (bicyclic) bond motifs is 1. The molecule has 24 heavy (non-hydrogen) atoms. The first kappa shape index (κ1) is 16.7. The maximum absolute atomic E-state index is 13.4. The van der Waals surface area contributed by atoms with Gasteiger partial charge in [-0.3, -0.25) is 9.89 Å². The van der Waals surface area contributed by atoms with Crippen LogP contribution in [0.2, 0.25) is 0 Å². The molecule has 2 heterocycles. The third-order valence-electron chi connectivity index (χ3n) is 5.12. The van der Waals surface area contributed by atoms with E-state index < -0.39 is 0 Å². The number of carbonyl (C=O) groups is 1. The summed E-state index contributed by atoms with van der Waals surface area (Å²) in [5, 5.41) is 7.21. The van der Waals surface area contributed by atoms with Gasteiger partial charge < -0.3 is 4.90 Å². The highest BCUT2D eigenvalue weighted by Crippen LogP contribution is 2.32. The summed E-state index contributed by atoms with van der Waals surface area (Å²) in [7, 11) is 0. The van der Waals surface area contributed by atoms with Crippen molar-refractivity contribution in [2.24, 2.45) is 0 Å². The molecule has 0 spiro atoms. The maximum atomic E-state index is 13.4. The van der Waals surface area contributed by atoms with Gasteiger partial charge >= 0.3 is 0 Å². The third kappa shape index (κ3) is 2.95. The van der Waals surface area contributed by atoms with E-state index in [4.69, 9.17) is 0 Å². The van der Waals surface area contributed by atoms with Crippen molar-refractivity contribution in [1.82, 2.24) is 15.1 Å².